The molecule has 0 spiro atoms. The maximum Gasteiger partial charge on any atom is 0.240 e. The van der Waals surface area contributed by atoms with Crippen LogP contribution in [0.4, 0.5) is 0 Å². The third kappa shape index (κ3) is 3.66. The molecule has 0 aromatic carbocycles. The summed E-state index contributed by atoms with van der Waals surface area (Å²) in [6.45, 7) is 0. The van der Waals surface area contributed by atoms with Crippen LogP contribution in [0.2, 0.25) is 0 Å². The van der Waals surface area contributed by atoms with Crippen molar-refractivity contribution in [3.05, 3.63) is 30.1 Å². The lowest BCUT2D eigenvalue weighted by Crippen LogP contribution is -2.37. The molecule has 0 saturated heterocycles. The zero-order valence-electron chi connectivity index (χ0n) is 7.82. The predicted molar refractivity (Wildman–Crippen MR) is 49.8 cm³/mol. The van der Waals surface area contributed by atoms with Crippen LogP contribution in [-0.2, 0) is 11.2 Å². The minimum Gasteiger partial charge on any atom is -0.289 e. The molecule has 1 amide bonds. The lowest BCUT2D eigenvalue weighted by molar-refractivity contribution is -0.124. The quantitative estimate of drug-likeness (QED) is 0.675. The number of rotatable bonds is 3. The van der Waals surface area contributed by atoms with Crippen LogP contribution >= 0.6 is 0 Å². The van der Waals surface area contributed by atoms with Gasteiger partial charge in [0.25, 0.3) is 0 Å². The highest BCUT2D eigenvalue weighted by molar-refractivity contribution is 5.77. The highest BCUT2D eigenvalue weighted by atomic mass is 16.2. The van der Waals surface area contributed by atoms with E-state index in [9.17, 15) is 4.79 Å². The van der Waals surface area contributed by atoms with E-state index in [4.69, 9.17) is 0 Å². The Hall–Kier alpha value is -1.42. The summed E-state index contributed by atoms with van der Waals surface area (Å²) >= 11 is 0. The maximum absolute atomic E-state index is 11.2. The average Bonchev–Trinajstić information content (AvgIpc) is 2.04. The number of carbonyl (C=O) groups is 1. The molecule has 1 rings (SSSR count). The molecular weight excluding hydrogens is 166 g/mol. The van der Waals surface area contributed by atoms with Gasteiger partial charge in [-0.15, -0.1) is 0 Å². The molecule has 0 atom stereocenters. The molecule has 0 aliphatic heterocycles. The molecule has 1 heterocycles. The highest BCUT2D eigenvalue weighted by Gasteiger charge is 2.03. The van der Waals surface area contributed by atoms with E-state index < -0.39 is 0 Å². The molecule has 0 radical (unpaired) electrons. The summed E-state index contributed by atoms with van der Waals surface area (Å²) in [5.74, 6) is -0.0521. The molecule has 1 aromatic rings. The number of hydrazine groups is 1. The van der Waals surface area contributed by atoms with E-state index in [2.05, 4.69) is 10.4 Å². The number of hydrogen-bond donors (Lipinski definition) is 1. The van der Waals surface area contributed by atoms with Crippen molar-refractivity contribution < 1.29 is 4.79 Å². The largest absolute Gasteiger partial charge is 0.289 e. The van der Waals surface area contributed by atoms with E-state index in [-0.39, 0.29) is 5.91 Å². The fourth-order valence-corrected chi connectivity index (χ4v) is 0.956. The number of carbonyl (C=O) groups excluding carboxylic acids is 1. The fraction of sp³-hybridized carbons (Fsp3) is 0.333. The Bertz CT molecular complexity index is 271. The van der Waals surface area contributed by atoms with Crippen molar-refractivity contribution in [2.75, 3.05) is 14.1 Å². The number of nitrogens with one attached hydrogen (secondary N) is 1. The van der Waals surface area contributed by atoms with Crippen LogP contribution in [0, 0.1) is 0 Å². The molecule has 0 aliphatic carbocycles. The molecule has 13 heavy (non-hydrogen) atoms. The van der Waals surface area contributed by atoms with Gasteiger partial charge in [-0.05, 0) is 12.1 Å². The SMILES string of the molecule is CN(C)NC(=O)Cc1ccccn1. The monoisotopic (exact) mass is 179 g/mol. The second-order valence-electron chi connectivity index (χ2n) is 2.93. The first kappa shape index (κ1) is 9.67. The third-order valence-corrected chi connectivity index (χ3v) is 1.42. The first-order chi connectivity index (χ1) is 6.18. The van der Waals surface area contributed by atoms with Crippen molar-refractivity contribution in [1.82, 2.24) is 15.4 Å². The van der Waals surface area contributed by atoms with E-state index >= 15 is 0 Å². The zero-order valence-corrected chi connectivity index (χ0v) is 7.82. The van der Waals surface area contributed by atoms with Gasteiger partial charge in [0.15, 0.2) is 0 Å². The van der Waals surface area contributed by atoms with Crippen LogP contribution in [0.5, 0.6) is 0 Å². The van der Waals surface area contributed by atoms with Crippen molar-refractivity contribution in [3.8, 4) is 0 Å². The Morgan fingerprint density at radius 2 is 2.31 bits per heavy atom. The summed E-state index contributed by atoms with van der Waals surface area (Å²) in [7, 11) is 3.55. The lowest BCUT2D eigenvalue weighted by Gasteiger charge is -2.10. The van der Waals surface area contributed by atoms with Gasteiger partial charge in [-0.2, -0.15) is 0 Å². The van der Waals surface area contributed by atoms with E-state index in [0.717, 1.165) is 5.69 Å². The van der Waals surface area contributed by atoms with Gasteiger partial charge in [-0.1, -0.05) is 6.07 Å². The molecule has 1 aromatic heterocycles. The second kappa shape index (κ2) is 4.57. The molecule has 4 heteroatoms. The standard InChI is InChI=1S/C9H13N3O/c1-12(2)11-9(13)7-8-5-3-4-6-10-8/h3-6H,7H2,1-2H3,(H,11,13). The van der Waals surface area contributed by atoms with Gasteiger partial charge < -0.3 is 0 Å². The summed E-state index contributed by atoms with van der Waals surface area (Å²) in [4.78, 5) is 15.3. The van der Waals surface area contributed by atoms with Gasteiger partial charge in [-0.25, -0.2) is 5.01 Å². The second-order valence-corrected chi connectivity index (χ2v) is 2.93. The topological polar surface area (TPSA) is 45.2 Å². The summed E-state index contributed by atoms with van der Waals surface area (Å²) in [5, 5.41) is 1.62. The van der Waals surface area contributed by atoms with Crippen molar-refractivity contribution in [3.63, 3.8) is 0 Å². The Kier molecular flexibility index (Phi) is 3.40. The van der Waals surface area contributed by atoms with E-state index in [0.29, 0.717) is 6.42 Å². The third-order valence-electron chi connectivity index (χ3n) is 1.42. The summed E-state index contributed by atoms with van der Waals surface area (Å²) in [5.41, 5.74) is 3.43. The summed E-state index contributed by atoms with van der Waals surface area (Å²) in [6, 6.07) is 5.52. The van der Waals surface area contributed by atoms with Gasteiger partial charge in [0.05, 0.1) is 6.42 Å². The minimum absolute atomic E-state index is 0.0521. The number of pyridine rings is 1. The number of nitrogens with zero attached hydrogens (tertiary/aromatic N) is 2. The minimum atomic E-state index is -0.0521. The van der Waals surface area contributed by atoms with Crippen LogP contribution in [0.1, 0.15) is 5.69 Å². The Morgan fingerprint density at radius 3 is 2.85 bits per heavy atom. The smallest absolute Gasteiger partial charge is 0.240 e. The molecule has 0 unspecified atom stereocenters. The predicted octanol–water partition coefficient (Wildman–Crippen LogP) is 0.217. The summed E-state index contributed by atoms with van der Waals surface area (Å²) in [6.07, 6.45) is 2.00. The summed E-state index contributed by atoms with van der Waals surface area (Å²) < 4.78 is 0. The normalized spacial score (nSPS) is 10.1. The van der Waals surface area contributed by atoms with Crippen molar-refractivity contribution in [2.45, 2.75) is 6.42 Å². The van der Waals surface area contributed by atoms with Crippen LogP contribution in [0.3, 0.4) is 0 Å². The van der Waals surface area contributed by atoms with Crippen LogP contribution in [-0.4, -0.2) is 30.0 Å². The first-order valence-corrected chi connectivity index (χ1v) is 4.05. The van der Waals surface area contributed by atoms with Crippen molar-refractivity contribution in [1.29, 1.82) is 0 Å². The van der Waals surface area contributed by atoms with E-state index in [1.54, 1.807) is 25.3 Å². The zero-order chi connectivity index (χ0) is 9.68. The maximum atomic E-state index is 11.2. The molecule has 0 fully saturated rings. The molecule has 0 bridgehead atoms. The molecule has 4 nitrogen and oxygen atoms in total. The number of aromatic nitrogens is 1. The van der Waals surface area contributed by atoms with Gasteiger partial charge in [0, 0.05) is 26.0 Å². The molecule has 0 aliphatic rings. The molecular formula is C9H13N3O. The van der Waals surface area contributed by atoms with Crippen LogP contribution in [0.15, 0.2) is 24.4 Å². The highest BCUT2D eigenvalue weighted by Crippen LogP contribution is 1.93. The van der Waals surface area contributed by atoms with Gasteiger partial charge in [-0.3, -0.25) is 15.2 Å². The van der Waals surface area contributed by atoms with Gasteiger partial charge in [0.2, 0.25) is 5.91 Å². The van der Waals surface area contributed by atoms with Crippen molar-refractivity contribution in [2.24, 2.45) is 0 Å². The Morgan fingerprint density at radius 1 is 1.54 bits per heavy atom. The van der Waals surface area contributed by atoms with Gasteiger partial charge in [0.1, 0.15) is 0 Å². The van der Waals surface area contributed by atoms with Crippen molar-refractivity contribution >= 4 is 5.91 Å². The average molecular weight is 179 g/mol. The molecule has 1 N–H and O–H groups in total. The number of amides is 1. The van der Waals surface area contributed by atoms with Crippen LogP contribution < -0.4 is 5.43 Å². The molecule has 70 valence electrons. The van der Waals surface area contributed by atoms with Crippen LogP contribution in [0.25, 0.3) is 0 Å². The van der Waals surface area contributed by atoms with E-state index in [1.165, 1.54) is 0 Å². The Labute approximate surface area is 77.6 Å². The van der Waals surface area contributed by atoms with E-state index in [1.807, 2.05) is 18.2 Å². The van der Waals surface area contributed by atoms with Gasteiger partial charge >= 0.3 is 0 Å². The fourth-order valence-electron chi connectivity index (χ4n) is 0.956. The number of hydrogen-bond acceptors (Lipinski definition) is 3. The first-order valence-electron chi connectivity index (χ1n) is 4.05. The molecule has 0 saturated carbocycles. The lowest BCUT2D eigenvalue weighted by atomic mass is 10.3. The Balaban J connectivity index is 2.46.